The zero-order chi connectivity index (χ0) is 18.9. The Hall–Kier alpha value is -3.42. The minimum Gasteiger partial charge on any atom is -0.366 e. The molecule has 140 valence electrons. The number of hydrogen-bond donors (Lipinski definition) is 2. The molecule has 0 fully saturated rings. The molecule has 0 aliphatic heterocycles. The van der Waals surface area contributed by atoms with Crippen molar-refractivity contribution in [1.29, 1.82) is 0 Å². The number of anilines is 1. The predicted octanol–water partition coefficient (Wildman–Crippen LogP) is 5.14. The Morgan fingerprint density at radius 1 is 1.04 bits per heavy atom. The van der Waals surface area contributed by atoms with Crippen molar-refractivity contribution in [2.24, 2.45) is 0 Å². The zero-order valence-electron chi connectivity index (χ0n) is 14.0. The maximum absolute atomic E-state index is 12.8. The first-order valence-electron chi connectivity index (χ1n) is 8.15. The Kier molecular flexibility index (Phi) is 4.23. The van der Waals surface area contributed by atoms with Crippen LogP contribution in [-0.2, 0) is 12.7 Å². The van der Waals surface area contributed by atoms with Gasteiger partial charge < -0.3 is 10.3 Å². The van der Waals surface area contributed by atoms with Crippen LogP contribution in [0.1, 0.15) is 14.0 Å². The molecule has 0 bridgehead atoms. The number of nitrogens with one attached hydrogen (secondary N) is 2. The van der Waals surface area contributed by atoms with Crippen LogP contribution in [-0.4, -0.2) is 19.9 Å². The molecule has 4 aromatic rings. The number of aromatic nitrogens is 4. The average Bonchev–Trinajstić information content (AvgIpc) is 3.10. The molecule has 0 saturated heterocycles. The van der Waals surface area contributed by atoms with Gasteiger partial charge in [-0.2, -0.15) is 13.2 Å². The highest BCUT2D eigenvalue weighted by atomic mass is 19.4. The Bertz CT molecular complexity index is 1100. The second-order valence-electron chi connectivity index (χ2n) is 5.94. The van der Waals surface area contributed by atoms with E-state index in [-0.39, 0.29) is 9.40 Å². The zero-order valence-corrected chi connectivity index (χ0v) is 14.0. The number of aromatic amines is 1. The van der Waals surface area contributed by atoms with E-state index in [1.807, 2.05) is 18.3 Å². The summed E-state index contributed by atoms with van der Waals surface area (Å²) in [5.41, 5.74) is 2.17. The van der Waals surface area contributed by atoms with Crippen molar-refractivity contribution >= 4 is 16.9 Å². The van der Waals surface area contributed by atoms with Gasteiger partial charge in [0.25, 0.3) is 0 Å². The first-order chi connectivity index (χ1) is 13.0. The molecule has 0 saturated carbocycles. The van der Waals surface area contributed by atoms with Crippen molar-refractivity contribution in [3.63, 3.8) is 0 Å². The van der Waals surface area contributed by atoms with Crippen molar-refractivity contribution in [3.05, 3.63) is 72.3 Å². The van der Waals surface area contributed by atoms with Gasteiger partial charge in [-0.05, 0) is 29.8 Å². The molecule has 0 radical (unpaired) electrons. The van der Waals surface area contributed by atoms with E-state index < -0.39 is 11.7 Å². The van der Waals surface area contributed by atoms with E-state index in [0.29, 0.717) is 17.1 Å². The average molecular weight is 373 g/mol. The molecule has 0 aliphatic rings. The summed E-state index contributed by atoms with van der Waals surface area (Å²) >= 11 is 0. The fraction of sp³-hybridized carbons (Fsp3) is 0.105. The molecule has 8 heteroatoms. The normalized spacial score (nSPS) is 11.7. The van der Waals surface area contributed by atoms with Crippen molar-refractivity contribution in [3.8, 4) is 11.3 Å². The maximum atomic E-state index is 12.8. The smallest absolute Gasteiger partial charge is 0.366 e. The highest BCUT2D eigenvalue weighted by Crippen LogP contribution is 2.30. The molecule has 0 atom stereocenters. The van der Waals surface area contributed by atoms with Gasteiger partial charge in [-0.25, -0.2) is 15.0 Å². The van der Waals surface area contributed by atoms with E-state index in [4.69, 9.17) is 0 Å². The summed E-state index contributed by atoms with van der Waals surface area (Å²) in [4.78, 5) is 15.8. The Labute approximate surface area is 155 Å². The van der Waals surface area contributed by atoms with E-state index in [9.17, 15) is 13.2 Å². The second-order valence-corrected chi connectivity index (χ2v) is 5.94. The summed E-state index contributed by atoms with van der Waals surface area (Å²) in [6, 6.07) is 10.7. The van der Waals surface area contributed by atoms with Crippen molar-refractivity contribution in [1.82, 2.24) is 19.9 Å². The number of alkyl halides is 3. The van der Waals surface area contributed by atoms with E-state index >= 15 is 0 Å². The topological polar surface area (TPSA) is 66.5 Å². The van der Waals surface area contributed by atoms with E-state index in [1.165, 1.54) is 12.4 Å². The van der Waals surface area contributed by atoms with Gasteiger partial charge in [0.1, 0.15) is 17.8 Å². The highest BCUT2D eigenvalue weighted by Gasteiger charge is 2.30. The number of halogens is 3. The van der Waals surface area contributed by atoms with E-state index in [1.54, 1.807) is 18.3 Å². The number of benzene rings is 1. The number of rotatable bonds is 4. The van der Waals surface area contributed by atoms with Gasteiger partial charge in [0, 0.05) is 38.8 Å². The Balaban J connectivity index is 0.00000150. The summed E-state index contributed by atoms with van der Waals surface area (Å²) in [5.74, 6) is 0.524. The van der Waals surface area contributed by atoms with Crippen LogP contribution < -0.4 is 5.32 Å². The summed E-state index contributed by atoms with van der Waals surface area (Å²) in [6.45, 7) is 0.218. The quantitative estimate of drug-likeness (QED) is 0.520. The lowest BCUT2D eigenvalue weighted by atomic mass is 10.1. The molecule has 1 aromatic carbocycles. The molecule has 3 aromatic heterocycles. The number of pyridine rings is 1. The summed E-state index contributed by atoms with van der Waals surface area (Å²) < 4.78 is 38.5. The molecule has 4 rings (SSSR count). The van der Waals surface area contributed by atoms with Gasteiger partial charge in [-0.15, -0.1) is 0 Å². The predicted molar refractivity (Wildman–Crippen MR) is 100 cm³/mol. The highest BCUT2D eigenvalue weighted by molar-refractivity contribution is 5.92. The molecule has 3 heterocycles. The molecular weight excluding hydrogens is 355 g/mol. The largest absolute Gasteiger partial charge is 0.416 e. The molecule has 0 unspecified atom stereocenters. The third-order valence-electron chi connectivity index (χ3n) is 4.12. The van der Waals surface area contributed by atoms with Crippen LogP contribution in [0.15, 0.2) is 61.2 Å². The van der Waals surface area contributed by atoms with Crippen molar-refractivity contribution in [2.75, 3.05) is 5.32 Å². The van der Waals surface area contributed by atoms with Crippen molar-refractivity contribution in [2.45, 2.75) is 12.7 Å². The minimum atomic E-state index is -4.36. The summed E-state index contributed by atoms with van der Waals surface area (Å²) in [7, 11) is 0. The van der Waals surface area contributed by atoms with Crippen molar-refractivity contribution < 1.29 is 16.0 Å². The van der Waals surface area contributed by atoms with Gasteiger partial charge in [-0.1, -0.05) is 12.1 Å². The Morgan fingerprint density at radius 3 is 2.78 bits per heavy atom. The first-order valence-corrected chi connectivity index (χ1v) is 8.15. The minimum absolute atomic E-state index is 0. The fourth-order valence-corrected chi connectivity index (χ4v) is 2.82. The van der Waals surface area contributed by atoms with Crippen LogP contribution in [0.3, 0.4) is 0 Å². The van der Waals surface area contributed by atoms with Gasteiger partial charge in [0.15, 0.2) is 0 Å². The van der Waals surface area contributed by atoms with Gasteiger partial charge >= 0.3 is 6.18 Å². The molecule has 0 aliphatic carbocycles. The van der Waals surface area contributed by atoms with Gasteiger partial charge in [-0.3, -0.25) is 0 Å². The van der Waals surface area contributed by atoms with Crippen LogP contribution in [0.25, 0.3) is 22.3 Å². The van der Waals surface area contributed by atoms with Gasteiger partial charge in [0.2, 0.25) is 0 Å². The summed E-state index contributed by atoms with van der Waals surface area (Å²) in [6.07, 6.45) is 0.571. The molecular formula is C19H18F3N5. The number of H-pyrrole nitrogens is 1. The molecule has 27 heavy (non-hydrogen) atoms. The molecule has 5 nitrogen and oxygen atoms in total. The lowest BCUT2D eigenvalue weighted by Gasteiger charge is -2.10. The van der Waals surface area contributed by atoms with Crippen LogP contribution >= 0.6 is 0 Å². The Morgan fingerprint density at radius 2 is 1.93 bits per heavy atom. The van der Waals surface area contributed by atoms with Crippen LogP contribution in [0, 0.1) is 0 Å². The SMILES string of the molecule is FC(F)(F)c1cccc(CNc2cc(-c3c[nH]c4ncccc34)ncn2)c1.[HH].[HH]. The molecule has 0 spiro atoms. The molecule has 0 amide bonds. The van der Waals surface area contributed by atoms with Crippen LogP contribution in [0.5, 0.6) is 0 Å². The third-order valence-corrected chi connectivity index (χ3v) is 4.12. The lowest BCUT2D eigenvalue weighted by molar-refractivity contribution is -0.137. The monoisotopic (exact) mass is 373 g/mol. The fourth-order valence-electron chi connectivity index (χ4n) is 2.82. The third kappa shape index (κ3) is 3.59. The van der Waals surface area contributed by atoms with Crippen LogP contribution in [0.2, 0.25) is 0 Å². The second kappa shape index (κ2) is 6.71. The van der Waals surface area contributed by atoms with E-state index in [2.05, 4.69) is 25.3 Å². The lowest BCUT2D eigenvalue weighted by Crippen LogP contribution is -2.07. The summed E-state index contributed by atoms with van der Waals surface area (Å²) in [5, 5.41) is 3.98. The first kappa shape index (κ1) is 17.0. The van der Waals surface area contributed by atoms with Crippen LogP contribution in [0.4, 0.5) is 19.0 Å². The number of hydrogen-bond acceptors (Lipinski definition) is 4. The number of fused-ring (bicyclic) bond motifs is 1. The van der Waals surface area contributed by atoms with E-state index in [0.717, 1.165) is 28.7 Å². The van der Waals surface area contributed by atoms with Gasteiger partial charge in [0.05, 0.1) is 11.3 Å². The standard InChI is InChI=1S/C19H14F3N5.2H2/c20-19(21,22)13-4-1-3-12(7-13)9-24-17-8-16(26-11-27-17)15-10-25-18-14(15)5-2-6-23-18;;/h1-8,10-11H,9H2,(H,23,25)(H,24,26,27);2*1H. The molecule has 2 N–H and O–H groups in total. The maximum Gasteiger partial charge on any atom is 0.416 e. The number of nitrogens with zero attached hydrogens (tertiary/aromatic N) is 3.